The van der Waals surface area contributed by atoms with Crippen LogP contribution in [0.2, 0.25) is 0 Å². The lowest BCUT2D eigenvalue weighted by Crippen LogP contribution is -2.44. The van der Waals surface area contributed by atoms with E-state index in [2.05, 4.69) is 19.2 Å². The van der Waals surface area contributed by atoms with Gasteiger partial charge in [0.15, 0.2) is 0 Å². The molecule has 0 heterocycles. The Morgan fingerprint density at radius 1 is 1.44 bits per heavy atom. The van der Waals surface area contributed by atoms with Gasteiger partial charge in [-0.3, -0.25) is 4.79 Å². The first kappa shape index (κ1) is 12.8. The molecule has 0 aliphatic heterocycles. The number of carbonyl (C=O) groups is 2. The SMILES string of the molecule is CC(C)CCN(C(=O)NCC(=O)O)C1CC1. The van der Waals surface area contributed by atoms with E-state index in [1.807, 2.05) is 0 Å². The summed E-state index contributed by atoms with van der Waals surface area (Å²) >= 11 is 0. The molecule has 92 valence electrons. The Morgan fingerprint density at radius 3 is 2.50 bits per heavy atom. The van der Waals surface area contributed by atoms with Crippen LogP contribution in [-0.4, -0.2) is 41.1 Å². The summed E-state index contributed by atoms with van der Waals surface area (Å²) in [4.78, 5) is 23.8. The third-order valence-corrected chi connectivity index (χ3v) is 2.59. The Morgan fingerprint density at radius 2 is 2.06 bits per heavy atom. The number of nitrogens with one attached hydrogen (secondary N) is 1. The quantitative estimate of drug-likeness (QED) is 0.719. The Labute approximate surface area is 95.8 Å². The van der Waals surface area contributed by atoms with E-state index in [1.54, 1.807) is 4.90 Å². The predicted molar refractivity (Wildman–Crippen MR) is 60.2 cm³/mol. The van der Waals surface area contributed by atoms with Crippen LogP contribution in [0.5, 0.6) is 0 Å². The highest BCUT2D eigenvalue weighted by Crippen LogP contribution is 2.27. The van der Waals surface area contributed by atoms with Crippen LogP contribution in [0.15, 0.2) is 0 Å². The van der Waals surface area contributed by atoms with Crippen LogP contribution in [0.3, 0.4) is 0 Å². The van der Waals surface area contributed by atoms with E-state index >= 15 is 0 Å². The number of rotatable bonds is 6. The van der Waals surface area contributed by atoms with E-state index in [-0.39, 0.29) is 12.6 Å². The molecule has 2 N–H and O–H groups in total. The Hall–Kier alpha value is -1.26. The summed E-state index contributed by atoms with van der Waals surface area (Å²) in [5, 5.41) is 10.9. The monoisotopic (exact) mass is 228 g/mol. The summed E-state index contributed by atoms with van der Waals surface area (Å²) < 4.78 is 0. The first-order valence-electron chi connectivity index (χ1n) is 5.77. The zero-order valence-electron chi connectivity index (χ0n) is 9.90. The van der Waals surface area contributed by atoms with Crippen molar-refractivity contribution in [2.24, 2.45) is 5.92 Å². The molecule has 0 aromatic carbocycles. The molecule has 2 amide bonds. The Balaban J connectivity index is 2.36. The van der Waals surface area contributed by atoms with Gasteiger partial charge < -0.3 is 15.3 Å². The van der Waals surface area contributed by atoms with Crippen LogP contribution in [0, 0.1) is 5.92 Å². The molecule has 5 heteroatoms. The molecular formula is C11H20N2O3. The van der Waals surface area contributed by atoms with Crippen molar-refractivity contribution < 1.29 is 14.7 Å². The standard InChI is InChI=1S/C11H20N2O3/c1-8(2)5-6-13(9-3-4-9)11(16)12-7-10(14)15/h8-9H,3-7H2,1-2H3,(H,12,16)(H,14,15). The summed E-state index contributed by atoms with van der Waals surface area (Å²) in [6.45, 7) is 4.64. The average molecular weight is 228 g/mol. The van der Waals surface area contributed by atoms with Crippen molar-refractivity contribution in [2.75, 3.05) is 13.1 Å². The fourth-order valence-electron chi connectivity index (χ4n) is 1.49. The van der Waals surface area contributed by atoms with Gasteiger partial charge in [0.25, 0.3) is 0 Å². The van der Waals surface area contributed by atoms with Gasteiger partial charge in [-0.2, -0.15) is 0 Å². The maximum atomic E-state index is 11.7. The van der Waals surface area contributed by atoms with Gasteiger partial charge in [0.2, 0.25) is 0 Å². The molecular weight excluding hydrogens is 208 g/mol. The van der Waals surface area contributed by atoms with Crippen LogP contribution < -0.4 is 5.32 Å². The zero-order chi connectivity index (χ0) is 12.1. The molecule has 0 aromatic heterocycles. The second-order valence-electron chi connectivity index (χ2n) is 4.66. The maximum Gasteiger partial charge on any atom is 0.323 e. The van der Waals surface area contributed by atoms with E-state index in [0.717, 1.165) is 19.3 Å². The molecule has 1 aliphatic rings. The van der Waals surface area contributed by atoms with Gasteiger partial charge in [-0.25, -0.2) is 4.79 Å². The molecule has 1 rings (SSSR count). The molecule has 0 unspecified atom stereocenters. The van der Waals surface area contributed by atoms with Crippen LogP contribution in [0.25, 0.3) is 0 Å². The third kappa shape index (κ3) is 4.51. The minimum Gasteiger partial charge on any atom is -0.480 e. The van der Waals surface area contributed by atoms with Crippen molar-refractivity contribution >= 4 is 12.0 Å². The zero-order valence-corrected chi connectivity index (χ0v) is 9.90. The summed E-state index contributed by atoms with van der Waals surface area (Å²) in [5.41, 5.74) is 0. The number of urea groups is 1. The largest absolute Gasteiger partial charge is 0.480 e. The summed E-state index contributed by atoms with van der Waals surface area (Å²) in [5.74, 6) is -0.457. The van der Waals surface area contributed by atoms with Crippen LogP contribution in [0.4, 0.5) is 4.79 Å². The minimum absolute atomic E-state index is 0.245. The highest BCUT2D eigenvalue weighted by molar-refractivity contribution is 5.80. The van der Waals surface area contributed by atoms with Crippen molar-refractivity contribution in [3.8, 4) is 0 Å². The predicted octanol–water partition coefficient (Wildman–Crippen LogP) is 1.29. The molecule has 0 bridgehead atoms. The van der Waals surface area contributed by atoms with E-state index in [1.165, 1.54) is 0 Å². The molecule has 1 saturated carbocycles. The van der Waals surface area contributed by atoms with E-state index in [4.69, 9.17) is 5.11 Å². The maximum absolute atomic E-state index is 11.7. The number of hydrogen-bond acceptors (Lipinski definition) is 2. The number of hydrogen-bond donors (Lipinski definition) is 2. The summed E-state index contributed by atoms with van der Waals surface area (Å²) in [6.07, 6.45) is 3.04. The first-order chi connectivity index (χ1) is 7.50. The number of carboxylic acids is 1. The second kappa shape index (κ2) is 5.72. The second-order valence-corrected chi connectivity index (χ2v) is 4.66. The van der Waals surface area contributed by atoms with Gasteiger partial charge in [0.05, 0.1) is 0 Å². The number of carbonyl (C=O) groups excluding carboxylic acids is 1. The number of amides is 2. The van der Waals surface area contributed by atoms with Crippen LogP contribution >= 0.6 is 0 Å². The molecule has 0 atom stereocenters. The molecule has 0 radical (unpaired) electrons. The molecule has 1 aliphatic carbocycles. The van der Waals surface area contributed by atoms with Gasteiger partial charge in [-0.15, -0.1) is 0 Å². The van der Waals surface area contributed by atoms with Crippen molar-refractivity contribution in [2.45, 2.75) is 39.2 Å². The average Bonchev–Trinajstić information content (AvgIpc) is 2.98. The normalized spacial score (nSPS) is 14.9. The molecule has 0 spiro atoms. The highest BCUT2D eigenvalue weighted by Gasteiger charge is 2.32. The van der Waals surface area contributed by atoms with Crippen molar-refractivity contribution in [3.63, 3.8) is 0 Å². The number of aliphatic carboxylic acids is 1. The Bertz CT molecular complexity index is 262. The number of nitrogens with zero attached hydrogens (tertiary/aromatic N) is 1. The summed E-state index contributed by atoms with van der Waals surface area (Å²) in [6, 6.07) is 0.0816. The van der Waals surface area contributed by atoms with Crippen molar-refractivity contribution in [1.82, 2.24) is 10.2 Å². The van der Waals surface area contributed by atoms with Gasteiger partial charge >= 0.3 is 12.0 Å². The lowest BCUT2D eigenvalue weighted by Gasteiger charge is -2.23. The van der Waals surface area contributed by atoms with Gasteiger partial charge in [-0.1, -0.05) is 13.8 Å². The smallest absolute Gasteiger partial charge is 0.323 e. The first-order valence-corrected chi connectivity index (χ1v) is 5.77. The molecule has 5 nitrogen and oxygen atoms in total. The minimum atomic E-state index is -1.01. The van der Waals surface area contributed by atoms with Gasteiger partial charge in [0.1, 0.15) is 6.54 Å². The highest BCUT2D eigenvalue weighted by atomic mass is 16.4. The molecule has 0 saturated heterocycles. The lowest BCUT2D eigenvalue weighted by atomic mass is 10.1. The van der Waals surface area contributed by atoms with E-state index in [9.17, 15) is 9.59 Å². The van der Waals surface area contributed by atoms with E-state index < -0.39 is 5.97 Å². The lowest BCUT2D eigenvalue weighted by molar-refractivity contribution is -0.135. The topological polar surface area (TPSA) is 69.6 Å². The molecule has 16 heavy (non-hydrogen) atoms. The van der Waals surface area contributed by atoms with Crippen LogP contribution in [-0.2, 0) is 4.79 Å². The fraction of sp³-hybridized carbons (Fsp3) is 0.818. The summed E-state index contributed by atoms with van der Waals surface area (Å²) in [7, 11) is 0. The van der Waals surface area contributed by atoms with Crippen LogP contribution in [0.1, 0.15) is 33.1 Å². The van der Waals surface area contributed by atoms with Crippen molar-refractivity contribution in [3.05, 3.63) is 0 Å². The van der Waals surface area contributed by atoms with E-state index in [0.29, 0.717) is 18.5 Å². The van der Waals surface area contributed by atoms with Gasteiger partial charge in [-0.05, 0) is 25.2 Å². The number of carboxylic acid groups (broad SMARTS) is 1. The molecule has 0 aromatic rings. The van der Waals surface area contributed by atoms with Gasteiger partial charge in [0, 0.05) is 12.6 Å². The fourth-order valence-corrected chi connectivity index (χ4v) is 1.49. The molecule has 1 fully saturated rings. The van der Waals surface area contributed by atoms with Crippen molar-refractivity contribution in [1.29, 1.82) is 0 Å². The third-order valence-electron chi connectivity index (χ3n) is 2.59. The Kier molecular flexibility index (Phi) is 4.58.